The first kappa shape index (κ1) is 76.8. The first-order valence-corrected chi connectivity index (χ1v) is 36.3. The van der Waals surface area contributed by atoms with E-state index >= 15 is 0 Å². The van der Waals surface area contributed by atoms with Gasteiger partial charge in [-0.25, -0.2) is 19.5 Å². The molecule has 0 spiro atoms. The number of aromatic carboxylic acids is 1. The summed E-state index contributed by atoms with van der Waals surface area (Å²) in [6, 6.07) is 25.2. The predicted octanol–water partition coefficient (Wildman–Crippen LogP) is 10.5. The highest BCUT2D eigenvalue weighted by Gasteiger charge is 2.31. The zero-order chi connectivity index (χ0) is 75.4. The van der Waals surface area contributed by atoms with Crippen molar-refractivity contribution in [3.63, 3.8) is 0 Å². The van der Waals surface area contributed by atoms with Crippen molar-refractivity contribution in [2.45, 2.75) is 79.4 Å². The van der Waals surface area contributed by atoms with Gasteiger partial charge >= 0.3 is 11.7 Å². The second kappa shape index (κ2) is 31.1. The molecule has 2 unspecified atom stereocenters. The van der Waals surface area contributed by atoms with E-state index in [4.69, 9.17) is 16.9 Å². The number of aromatic hydroxyl groups is 2. The molecule has 11 rings (SSSR count). The molecule has 1 aliphatic heterocycles. The summed E-state index contributed by atoms with van der Waals surface area (Å²) in [7, 11) is -13.4. The summed E-state index contributed by atoms with van der Waals surface area (Å²) in [5.41, 5.74) is 1.65. The fourth-order valence-electron chi connectivity index (χ4n) is 11.0. The number of phenolic OH excluding ortho intramolecular Hbond substituents is 2. The normalized spacial score (nSPS) is 14.6. The molecule has 542 valence electrons. The molecule has 35 nitrogen and oxygen atoms in total. The van der Waals surface area contributed by atoms with E-state index in [1.54, 1.807) is 6.92 Å². The van der Waals surface area contributed by atoms with Crippen LogP contribution in [0.1, 0.15) is 52.3 Å². The number of benzene rings is 8. The van der Waals surface area contributed by atoms with Gasteiger partial charge in [0, 0.05) is 66.0 Å². The van der Waals surface area contributed by atoms with Crippen LogP contribution in [0, 0.1) is 20.8 Å². The molecule has 2 aromatic heterocycles. The number of carboxylic acids is 1. The number of likely N-dealkylation sites (N-methyl/N-ethyl adjacent to an activating group) is 1. The lowest BCUT2D eigenvalue weighted by Crippen LogP contribution is -2.55. The van der Waals surface area contributed by atoms with Crippen molar-refractivity contribution in [2.75, 3.05) is 55.1 Å². The number of halogens is 1. The monoisotopic (exact) mass is 1510 g/mol. The third-order valence-corrected chi connectivity index (χ3v) is 19.5. The Hall–Kier alpha value is -10.4. The maximum absolute atomic E-state index is 12.6. The number of nitrogens with zero attached hydrogens (tertiary/aromatic N) is 11. The molecular weight excluding hydrogens is 1450 g/mol. The molecule has 0 saturated carbocycles. The van der Waals surface area contributed by atoms with Crippen LogP contribution in [0.5, 0.6) is 11.5 Å². The van der Waals surface area contributed by atoms with Gasteiger partial charge in [-0.1, -0.05) is 30.3 Å². The van der Waals surface area contributed by atoms with E-state index < -0.39 is 88.9 Å². The van der Waals surface area contributed by atoms with Crippen molar-refractivity contribution < 1.29 is 82.1 Å². The number of aromatic amines is 1. The Bertz CT molecular complexity index is 5600. The first-order valence-electron chi connectivity index (χ1n) is 30.2. The molecule has 0 aliphatic carbocycles. The first-order chi connectivity index (χ1) is 48.3. The van der Waals surface area contributed by atoms with Crippen LogP contribution in [-0.4, -0.2) is 160 Å². The average Bonchev–Trinajstić information content (AvgIpc) is 0.766. The lowest BCUT2D eigenvalue weighted by molar-refractivity contribution is -0.253. The van der Waals surface area contributed by atoms with Crippen LogP contribution in [0.3, 0.4) is 0 Å². The summed E-state index contributed by atoms with van der Waals surface area (Å²) in [5.74, 6) is -2.17. The fourth-order valence-corrected chi connectivity index (χ4v) is 13.8. The fraction of sp³-hybridized carbons (Fsp3) is 0.222. The highest BCUT2D eigenvalue weighted by molar-refractivity contribution is 7.87. The SMILES string of the molecule is CNCc1cccc(NC)c1.Cc1cc2cc(S(=O)(=O)O)cc(Nc3nc(N4CC(C)N(C)CC4C)nc(=O)[nH]3)c2c(O)c1N=Nc1cc(COO)cc(C(=O)O)c1.Cc1nc(Cl)nc(Nc2cc(S(=O)(=O)O)cc3cc(C)c(N=Nc4ccc5c(S(=O)(=O)O)cccc5c4S(=O)(=O)O)c(O)c23)n1. The molecule has 0 radical (unpaired) electrons. The Balaban J connectivity index is 0.000000208. The molecule has 13 N–H and O–H groups in total. The Morgan fingerprint density at radius 3 is 1.83 bits per heavy atom. The molecule has 1 fully saturated rings. The smallest absolute Gasteiger partial charge is 0.351 e. The number of nitrogens with one attached hydrogen (secondary N) is 5. The van der Waals surface area contributed by atoms with Gasteiger partial charge in [0.1, 0.15) is 39.3 Å². The van der Waals surface area contributed by atoms with E-state index in [0.29, 0.717) is 24.2 Å². The number of azo groups is 2. The maximum Gasteiger partial charge on any atom is 0.351 e. The molecule has 40 heteroatoms. The number of phenols is 2. The van der Waals surface area contributed by atoms with E-state index in [1.165, 1.54) is 55.8 Å². The van der Waals surface area contributed by atoms with Gasteiger partial charge in [0.25, 0.3) is 40.5 Å². The molecule has 1 saturated heterocycles. The minimum absolute atomic E-state index is 0.0297. The van der Waals surface area contributed by atoms with Crippen molar-refractivity contribution in [2.24, 2.45) is 20.5 Å². The number of aromatic nitrogens is 6. The average molecular weight is 1510 g/mol. The summed E-state index contributed by atoms with van der Waals surface area (Å²) in [6.07, 6.45) is 0. The van der Waals surface area contributed by atoms with Crippen molar-refractivity contribution in [1.29, 1.82) is 0 Å². The number of rotatable bonds is 19. The number of hydrogen-bond donors (Lipinski definition) is 13. The highest BCUT2D eigenvalue weighted by Crippen LogP contribution is 2.47. The summed E-state index contributed by atoms with van der Waals surface area (Å²) in [4.78, 5) is 52.7. The lowest BCUT2D eigenvalue weighted by atomic mass is 10.0. The van der Waals surface area contributed by atoms with E-state index in [9.17, 15) is 76.8 Å². The number of anilines is 6. The van der Waals surface area contributed by atoms with E-state index in [2.05, 4.69) is 106 Å². The topological polar surface area (TPSA) is 526 Å². The largest absolute Gasteiger partial charge is 0.505 e. The van der Waals surface area contributed by atoms with Crippen molar-refractivity contribution >= 4 is 148 Å². The number of carbonyl (C=O) groups is 1. The molecule has 8 aromatic carbocycles. The number of fused-ring (bicyclic) bond motifs is 3. The minimum atomic E-state index is -5.06. The van der Waals surface area contributed by atoms with Crippen molar-refractivity contribution in [3.05, 3.63) is 159 Å². The van der Waals surface area contributed by atoms with Gasteiger partial charge in [-0.05, 0) is 172 Å². The van der Waals surface area contributed by atoms with Gasteiger partial charge in [-0.3, -0.25) is 33.4 Å². The van der Waals surface area contributed by atoms with Gasteiger partial charge in [0.15, 0.2) is 11.5 Å². The summed E-state index contributed by atoms with van der Waals surface area (Å²) >= 11 is 5.91. The van der Waals surface area contributed by atoms with Crippen molar-refractivity contribution in [3.8, 4) is 11.5 Å². The number of hydrogen-bond acceptors (Lipinski definition) is 29. The Labute approximate surface area is 592 Å². The van der Waals surface area contributed by atoms with Gasteiger partial charge in [0.2, 0.25) is 23.1 Å². The van der Waals surface area contributed by atoms with Crippen molar-refractivity contribution in [1.82, 2.24) is 40.1 Å². The van der Waals surface area contributed by atoms with Crippen LogP contribution in [0.4, 0.5) is 57.7 Å². The zero-order valence-corrected chi connectivity index (χ0v) is 59.4. The van der Waals surface area contributed by atoms with Crippen LogP contribution >= 0.6 is 11.6 Å². The third kappa shape index (κ3) is 18.3. The standard InChI is InChI=1S/C29H32N8O9S.C25H19ClN6O10S3.C9H14N2/c1-14-5-18-9-21(47(43,44)45)10-22(30-27-31-28(33-29(41)32-27)37-12-15(2)36(4)11-16(37)3)23(18)25(38)24(14)35-34-20-7-17(13-46-42)6-19(8-20)26(39)40;1-11-8-13-9-14(43(34,35)36)10-18(29-25-28-12(2)27-24(26)30-25)20(13)22(33)21(11)32-31-17-7-6-15-16(23(17)45(40,41)42)4-3-5-19(15)44(37,38)39;1-10-7-8-4-3-5-9(6-8)11-2/h5-10,15-16,38,42H,11-13H2,1-4H3,(H,39,40)(H,43,44,45)(H2,30,31,32,33,41);3-10,33H,1-2H3,(H,34,35,36)(H,37,38,39)(H,40,41,42)(H,27,28,29,30);3-6,10-11H,7H2,1-2H3. The summed E-state index contributed by atoms with van der Waals surface area (Å²) in [6.45, 7) is 10.4. The number of aryl methyl sites for hydroxylation is 3. The molecular formula is C63H65ClN16O19S4. The Morgan fingerprint density at radius 2 is 1.27 bits per heavy atom. The van der Waals surface area contributed by atoms with Gasteiger partial charge in [0.05, 0.1) is 32.4 Å². The lowest BCUT2D eigenvalue weighted by Gasteiger charge is -2.42. The predicted molar refractivity (Wildman–Crippen MR) is 380 cm³/mol. The summed E-state index contributed by atoms with van der Waals surface area (Å²) in [5, 5.41) is 68.6. The van der Waals surface area contributed by atoms with E-state index in [1.807, 2.05) is 39.9 Å². The number of H-pyrrole nitrogens is 1. The van der Waals surface area contributed by atoms with Gasteiger partial charge in [-0.2, -0.15) is 58.7 Å². The highest BCUT2D eigenvalue weighted by atomic mass is 35.5. The van der Waals surface area contributed by atoms with E-state index in [0.717, 1.165) is 60.8 Å². The quantitative estimate of drug-likeness (QED) is 0.0155. The Kier molecular flexibility index (Phi) is 23.1. The minimum Gasteiger partial charge on any atom is -0.505 e. The second-order valence-corrected chi connectivity index (χ2v) is 29.2. The van der Waals surface area contributed by atoms with Gasteiger partial charge < -0.3 is 41.5 Å². The van der Waals surface area contributed by atoms with Gasteiger partial charge in [-0.15, -0.1) is 15.3 Å². The molecule has 2 atom stereocenters. The Morgan fingerprint density at radius 1 is 0.660 bits per heavy atom. The maximum atomic E-state index is 12.6. The van der Waals surface area contributed by atoms with E-state index in [-0.39, 0.29) is 120 Å². The second-order valence-electron chi connectivity index (χ2n) is 23.2. The third-order valence-electron chi connectivity index (χ3n) is 15.8. The number of carboxylic acid groups (broad SMARTS) is 1. The molecule has 10 aromatic rings. The van der Waals surface area contributed by atoms with Crippen LogP contribution in [-0.2, 0) is 58.5 Å². The molecule has 0 amide bonds. The zero-order valence-electron chi connectivity index (χ0n) is 55.4. The van der Waals surface area contributed by atoms with Crippen LogP contribution < -0.4 is 31.9 Å². The van der Waals surface area contributed by atoms with Crippen LogP contribution in [0.25, 0.3) is 32.3 Å². The molecule has 1 aliphatic rings. The molecule has 103 heavy (non-hydrogen) atoms. The summed E-state index contributed by atoms with van der Waals surface area (Å²) < 4.78 is 136. The van der Waals surface area contributed by atoms with Crippen LogP contribution in [0.15, 0.2) is 154 Å². The molecule has 3 heterocycles. The number of piperazine rings is 1. The molecule has 0 bridgehead atoms. The van der Waals surface area contributed by atoms with Crippen LogP contribution in [0.2, 0.25) is 5.28 Å².